The van der Waals surface area contributed by atoms with Crippen LogP contribution >= 0.6 is 0 Å². The van der Waals surface area contributed by atoms with Crippen molar-refractivity contribution in [3.63, 3.8) is 0 Å². The second-order valence-electron chi connectivity index (χ2n) is 8.84. The van der Waals surface area contributed by atoms with E-state index in [9.17, 15) is 14.4 Å². The Hall–Kier alpha value is -1.63. The number of nitrogens with one attached hydrogen (secondary N) is 2. The maximum atomic E-state index is 12.0. The van der Waals surface area contributed by atoms with Gasteiger partial charge in [-0.1, -0.05) is 39.0 Å². The summed E-state index contributed by atoms with van der Waals surface area (Å²) >= 11 is 0. The molecule has 2 rings (SSSR count). The topological polar surface area (TPSA) is 105 Å². The lowest BCUT2D eigenvalue weighted by molar-refractivity contribution is -0.137. The van der Waals surface area contributed by atoms with Crippen molar-refractivity contribution in [1.82, 2.24) is 10.6 Å². The number of rotatable bonds is 16. The van der Waals surface area contributed by atoms with Gasteiger partial charge >= 0.3 is 5.97 Å². The second kappa shape index (κ2) is 13.6. The SMILES string of the molecule is CCCCCC(=O)NCC(=O)NCC[C@H]1[C@@H](CCCCCCC(=O)O)[C@H]2CC[C@@H]1O2. The third-order valence-corrected chi connectivity index (χ3v) is 6.52. The van der Waals surface area contributed by atoms with Crippen LogP contribution in [0.3, 0.4) is 0 Å². The first-order valence-electron chi connectivity index (χ1n) is 11.9. The molecule has 7 nitrogen and oxygen atoms in total. The molecule has 0 radical (unpaired) electrons. The summed E-state index contributed by atoms with van der Waals surface area (Å²) in [5, 5.41) is 14.3. The van der Waals surface area contributed by atoms with Gasteiger partial charge in [0.25, 0.3) is 0 Å². The third-order valence-electron chi connectivity index (χ3n) is 6.52. The number of hydrogen-bond acceptors (Lipinski definition) is 4. The summed E-state index contributed by atoms with van der Waals surface area (Å²) in [5.41, 5.74) is 0. The van der Waals surface area contributed by atoms with Gasteiger partial charge in [0.15, 0.2) is 0 Å². The minimum Gasteiger partial charge on any atom is -0.481 e. The van der Waals surface area contributed by atoms with Gasteiger partial charge in [-0.05, 0) is 50.4 Å². The molecule has 2 aliphatic heterocycles. The smallest absolute Gasteiger partial charge is 0.303 e. The molecule has 30 heavy (non-hydrogen) atoms. The summed E-state index contributed by atoms with van der Waals surface area (Å²) in [7, 11) is 0. The monoisotopic (exact) mass is 424 g/mol. The molecule has 2 saturated heterocycles. The molecule has 2 fully saturated rings. The van der Waals surface area contributed by atoms with Crippen LogP contribution in [0.4, 0.5) is 0 Å². The van der Waals surface area contributed by atoms with Crippen molar-refractivity contribution >= 4 is 17.8 Å². The number of hydrogen-bond donors (Lipinski definition) is 3. The zero-order valence-electron chi connectivity index (χ0n) is 18.5. The van der Waals surface area contributed by atoms with Gasteiger partial charge in [0.2, 0.25) is 11.8 Å². The lowest BCUT2D eigenvalue weighted by atomic mass is 9.75. The van der Waals surface area contributed by atoms with Crippen LogP contribution < -0.4 is 10.6 Å². The number of fused-ring (bicyclic) bond motifs is 2. The molecule has 0 aromatic heterocycles. The zero-order chi connectivity index (χ0) is 21.8. The minimum atomic E-state index is -0.713. The van der Waals surface area contributed by atoms with Gasteiger partial charge in [0.1, 0.15) is 0 Å². The van der Waals surface area contributed by atoms with Crippen LogP contribution in [0.15, 0.2) is 0 Å². The maximum absolute atomic E-state index is 12.0. The largest absolute Gasteiger partial charge is 0.481 e. The lowest BCUT2D eigenvalue weighted by Gasteiger charge is -2.28. The Bertz CT molecular complexity index is 554. The molecule has 0 unspecified atom stereocenters. The van der Waals surface area contributed by atoms with Crippen LogP contribution in [0, 0.1) is 11.8 Å². The summed E-state index contributed by atoms with van der Waals surface area (Å²) in [6.45, 7) is 2.77. The Balaban J connectivity index is 1.60. The van der Waals surface area contributed by atoms with Crippen LogP contribution in [0.2, 0.25) is 0 Å². The molecule has 0 saturated carbocycles. The van der Waals surface area contributed by atoms with Crippen LogP contribution in [0.1, 0.15) is 90.4 Å². The fourth-order valence-electron chi connectivity index (χ4n) is 4.92. The van der Waals surface area contributed by atoms with Crippen LogP contribution in [-0.2, 0) is 19.1 Å². The quantitative estimate of drug-likeness (QED) is 0.329. The maximum Gasteiger partial charge on any atom is 0.303 e. The van der Waals surface area contributed by atoms with E-state index in [-0.39, 0.29) is 24.8 Å². The number of carboxylic acid groups (broad SMARTS) is 1. The first kappa shape index (κ1) is 24.6. The number of carboxylic acids is 1. The summed E-state index contributed by atoms with van der Waals surface area (Å²) in [4.78, 5) is 34.3. The number of amides is 2. The molecule has 2 amide bonds. The van der Waals surface area contributed by atoms with Gasteiger partial charge in [0, 0.05) is 19.4 Å². The van der Waals surface area contributed by atoms with E-state index < -0.39 is 5.97 Å². The van der Waals surface area contributed by atoms with E-state index in [4.69, 9.17) is 9.84 Å². The van der Waals surface area contributed by atoms with Crippen molar-refractivity contribution in [2.24, 2.45) is 11.8 Å². The van der Waals surface area contributed by atoms with Crippen LogP contribution in [-0.4, -0.2) is 48.2 Å². The number of unbranched alkanes of at least 4 members (excludes halogenated alkanes) is 5. The van der Waals surface area contributed by atoms with E-state index >= 15 is 0 Å². The summed E-state index contributed by atoms with van der Waals surface area (Å²) in [5.74, 6) is 0.154. The second-order valence-corrected chi connectivity index (χ2v) is 8.84. The molecule has 2 heterocycles. The van der Waals surface area contributed by atoms with Gasteiger partial charge in [-0.3, -0.25) is 14.4 Å². The normalized spacial score (nSPS) is 24.7. The fourth-order valence-corrected chi connectivity index (χ4v) is 4.92. The van der Waals surface area contributed by atoms with Crippen molar-refractivity contribution in [1.29, 1.82) is 0 Å². The predicted molar refractivity (Wildman–Crippen MR) is 115 cm³/mol. The Morgan fingerprint density at radius 1 is 0.833 bits per heavy atom. The molecular weight excluding hydrogens is 384 g/mol. The average molecular weight is 425 g/mol. The van der Waals surface area contributed by atoms with Crippen molar-refractivity contribution in [3.05, 3.63) is 0 Å². The van der Waals surface area contributed by atoms with E-state index in [1.807, 2.05) is 0 Å². The predicted octanol–water partition coefficient (Wildman–Crippen LogP) is 3.41. The standard InChI is InChI=1S/C23H40N2O5/c1-2-3-6-10-21(26)25-16-22(27)24-15-14-18-17(19-12-13-20(18)30-19)9-7-4-5-8-11-23(28)29/h17-20H,2-16H2,1H3,(H,24,27)(H,25,26)(H,28,29)/t17-,18+,19-,20+/m1/s1. The number of ether oxygens (including phenoxy) is 1. The zero-order valence-corrected chi connectivity index (χ0v) is 18.5. The molecule has 172 valence electrons. The Morgan fingerprint density at radius 2 is 1.50 bits per heavy atom. The van der Waals surface area contributed by atoms with Crippen molar-refractivity contribution in [3.8, 4) is 0 Å². The van der Waals surface area contributed by atoms with Crippen LogP contribution in [0.25, 0.3) is 0 Å². The van der Waals surface area contributed by atoms with E-state index in [1.165, 1.54) is 0 Å². The molecule has 2 aliphatic rings. The third kappa shape index (κ3) is 8.62. The van der Waals surface area contributed by atoms with Crippen molar-refractivity contribution < 1.29 is 24.2 Å². The fraction of sp³-hybridized carbons (Fsp3) is 0.870. The molecule has 0 spiro atoms. The number of carbonyl (C=O) groups is 3. The van der Waals surface area contributed by atoms with Gasteiger partial charge in [-0.25, -0.2) is 0 Å². The van der Waals surface area contributed by atoms with Crippen LogP contribution in [0.5, 0.6) is 0 Å². The van der Waals surface area contributed by atoms with Gasteiger partial charge in [-0.2, -0.15) is 0 Å². The van der Waals surface area contributed by atoms with E-state index in [1.54, 1.807) is 0 Å². The summed E-state index contributed by atoms with van der Waals surface area (Å²) in [6, 6.07) is 0. The minimum absolute atomic E-state index is 0.0523. The molecule has 0 aromatic carbocycles. The highest BCUT2D eigenvalue weighted by molar-refractivity contribution is 5.84. The van der Waals surface area contributed by atoms with Crippen molar-refractivity contribution in [2.45, 2.75) is 103 Å². The highest BCUT2D eigenvalue weighted by Gasteiger charge is 2.47. The van der Waals surface area contributed by atoms with Gasteiger partial charge < -0.3 is 20.5 Å². The van der Waals surface area contributed by atoms with E-state index in [2.05, 4.69) is 17.6 Å². The highest BCUT2D eigenvalue weighted by atomic mass is 16.5. The first-order chi connectivity index (χ1) is 14.5. The lowest BCUT2D eigenvalue weighted by Crippen LogP contribution is -2.38. The summed E-state index contributed by atoms with van der Waals surface area (Å²) < 4.78 is 6.14. The number of aliphatic carboxylic acids is 1. The Kier molecular flexibility index (Phi) is 11.2. The molecule has 3 N–H and O–H groups in total. The molecular formula is C23H40N2O5. The molecule has 4 atom stereocenters. The van der Waals surface area contributed by atoms with Crippen molar-refractivity contribution in [2.75, 3.05) is 13.1 Å². The van der Waals surface area contributed by atoms with E-state index in [0.717, 1.165) is 70.6 Å². The molecule has 0 aliphatic carbocycles. The first-order valence-corrected chi connectivity index (χ1v) is 11.9. The van der Waals surface area contributed by atoms with E-state index in [0.29, 0.717) is 37.0 Å². The Labute approximate surface area is 180 Å². The summed E-state index contributed by atoms with van der Waals surface area (Å²) in [6.07, 6.45) is 12.6. The number of carbonyl (C=O) groups excluding carboxylic acids is 2. The Morgan fingerprint density at radius 3 is 2.20 bits per heavy atom. The molecule has 2 bridgehead atoms. The molecule has 0 aromatic rings. The molecule has 7 heteroatoms. The average Bonchev–Trinajstić information content (AvgIpc) is 3.31. The van der Waals surface area contributed by atoms with Gasteiger partial charge in [-0.15, -0.1) is 0 Å². The highest BCUT2D eigenvalue weighted by Crippen LogP contribution is 2.46. The van der Waals surface area contributed by atoms with Gasteiger partial charge in [0.05, 0.1) is 18.8 Å².